The third-order valence-electron chi connectivity index (χ3n) is 9.21. The van der Waals surface area contributed by atoms with Crippen molar-refractivity contribution in [2.24, 2.45) is 0 Å². The highest BCUT2D eigenvalue weighted by molar-refractivity contribution is 7.48. The molecular formula is C53H57O4P. The lowest BCUT2D eigenvalue weighted by Gasteiger charge is -2.21. The van der Waals surface area contributed by atoms with Gasteiger partial charge in [0.25, 0.3) is 0 Å². The molecule has 298 valence electrons. The van der Waals surface area contributed by atoms with Crippen molar-refractivity contribution in [2.45, 2.75) is 20.8 Å². The van der Waals surface area contributed by atoms with Gasteiger partial charge in [-0.25, -0.2) is 4.57 Å². The third-order valence-corrected chi connectivity index (χ3v) is 10.0. The predicted molar refractivity (Wildman–Crippen MR) is 265 cm³/mol. The van der Waals surface area contributed by atoms with E-state index in [2.05, 4.69) is 88.8 Å². The number of fused-ring (bicyclic) bond motifs is 7. The van der Waals surface area contributed by atoms with Gasteiger partial charge in [0.15, 0.2) is 0 Å². The molecule has 1 aliphatic heterocycles. The van der Waals surface area contributed by atoms with Crippen molar-refractivity contribution in [3.63, 3.8) is 0 Å². The monoisotopic (exact) mass is 788 g/mol. The van der Waals surface area contributed by atoms with E-state index in [1.807, 2.05) is 99.6 Å². The minimum absolute atomic E-state index is 0. The fourth-order valence-corrected chi connectivity index (χ4v) is 8.08. The average molecular weight is 789 g/mol. The number of phosphoric acid groups is 1. The number of hydrogen-bond acceptors (Lipinski definition) is 3. The lowest BCUT2D eigenvalue weighted by molar-refractivity contribution is 0.295. The van der Waals surface area contributed by atoms with E-state index in [9.17, 15) is 9.46 Å². The first-order chi connectivity index (χ1) is 28.1. The zero-order chi connectivity index (χ0) is 40.8. The highest BCUT2D eigenvalue weighted by Gasteiger charge is 2.38. The fraction of sp³-hybridized carbons (Fsp3) is 0.0566. The average Bonchev–Trinajstić information content (AvgIpc) is 3.33. The second-order valence-electron chi connectivity index (χ2n) is 13.0. The first kappa shape index (κ1) is 38.0. The van der Waals surface area contributed by atoms with Crippen LogP contribution in [0.2, 0.25) is 0 Å². The number of aryl methyl sites for hydroxylation is 3. The highest BCUT2D eigenvalue weighted by Crippen LogP contribution is 2.62. The van der Waals surface area contributed by atoms with Gasteiger partial charge < -0.3 is 9.05 Å². The van der Waals surface area contributed by atoms with Gasteiger partial charge >= 0.3 is 7.82 Å². The molecule has 6 aromatic rings. The summed E-state index contributed by atoms with van der Waals surface area (Å²) in [6.45, 7) is 5.84. The summed E-state index contributed by atoms with van der Waals surface area (Å²) in [7, 11) is -4.92. The Labute approximate surface area is 360 Å². The molecule has 6 aromatic carbocycles. The van der Waals surface area contributed by atoms with E-state index in [1.165, 1.54) is 0 Å². The van der Waals surface area contributed by atoms with Crippen LogP contribution >= 0.6 is 7.82 Å². The summed E-state index contributed by atoms with van der Waals surface area (Å²) in [6, 6.07) is 27.1. The van der Waals surface area contributed by atoms with E-state index >= 15 is 0 Å². The fourth-order valence-electron chi connectivity index (χ4n) is 7.21. The Morgan fingerprint density at radius 2 is 0.983 bits per heavy atom. The minimum Gasteiger partial charge on any atom is -0.394 e. The number of phosphoric ester groups is 1. The van der Waals surface area contributed by atoms with Gasteiger partial charge in [-0.1, -0.05) is 72.4 Å². The first-order valence-corrected chi connectivity index (χ1v) is 19.1. The Morgan fingerprint density at radius 3 is 1.48 bits per heavy atom. The molecule has 1 atom stereocenters. The van der Waals surface area contributed by atoms with Crippen LogP contribution in [0.4, 0.5) is 0 Å². The van der Waals surface area contributed by atoms with Gasteiger partial charge in [0, 0.05) is 71.5 Å². The van der Waals surface area contributed by atoms with Crippen molar-refractivity contribution >= 4 is 29.4 Å². The van der Waals surface area contributed by atoms with Crippen LogP contribution in [0, 0.1) is 129 Å². The largest absolute Gasteiger partial charge is 0.584 e. The van der Waals surface area contributed by atoms with Gasteiger partial charge in [-0.2, -0.15) is 0 Å². The van der Waals surface area contributed by atoms with Gasteiger partial charge in [-0.15, -0.1) is 19.3 Å². The molecule has 0 bridgehead atoms. The van der Waals surface area contributed by atoms with Crippen molar-refractivity contribution in [1.82, 2.24) is 0 Å². The Morgan fingerprint density at radius 1 is 0.534 bits per heavy atom. The molecule has 4 nitrogen and oxygen atoms in total. The van der Waals surface area contributed by atoms with Crippen molar-refractivity contribution < 1.29 is 39.9 Å². The second-order valence-corrected chi connectivity index (χ2v) is 14.3. The molecule has 0 spiro atoms. The lowest BCUT2D eigenvalue weighted by Crippen LogP contribution is -2.02. The summed E-state index contributed by atoms with van der Waals surface area (Å²) in [6.07, 6.45) is 16.0. The van der Waals surface area contributed by atoms with Crippen molar-refractivity contribution in [3.8, 4) is 153 Å². The van der Waals surface area contributed by atoms with Gasteiger partial charge in [-0.3, -0.25) is 4.89 Å². The standard InChI is InChI=1S/C53H27O4P.15H2/c1-7-10-13-16-23-39-32-38(6)49(43(33-39)27-18-15-12-9-3)47-35-41-25-20-22-29-45(41)51-50-44-28-21-19-24-40(44)34-46(52(50)56-58(54,55)57-53(47)51)48-37(5)30-36(4)31-42(48)26-17-14-11-8-2;;;;;;;;;;;;;;;/h1-3,19-22,24-25,28-35H,4-6H3,(H,54,55);15*1H. The number of rotatable bonds is 2. The molecule has 5 heteroatoms. The van der Waals surface area contributed by atoms with Crippen LogP contribution in [-0.2, 0) is 4.57 Å². The van der Waals surface area contributed by atoms with E-state index in [4.69, 9.17) is 28.3 Å². The molecule has 0 saturated heterocycles. The number of hydrogen-bond donors (Lipinski definition) is 1. The van der Waals surface area contributed by atoms with Gasteiger partial charge in [0.1, 0.15) is 11.5 Å². The Bertz CT molecular complexity index is 3440. The van der Waals surface area contributed by atoms with Gasteiger partial charge in [0.05, 0.1) is 0 Å². The first-order valence-electron chi connectivity index (χ1n) is 17.6. The number of terminal acetylenes is 3. The summed E-state index contributed by atoms with van der Waals surface area (Å²) in [4.78, 5) is 11.8. The summed E-state index contributed by atoms with van der Waals surface area (Å²) < 4.78 is 27.0. The molecule has 1 aliphatic rings. The maximum absolute atomic E-state index is 14.5. The Hall–Kier alpha value is -8.33. The van der Waals surface area contributed by atoms with Crippen LogP contribution in [-0.4, -0.2) is 4.89 Å². The van der Waals surface area contributed by atoms with Crippen LogP contribution in [0.5, 0.6) is 11.5 Å². The highest BCUT2D eigenvalue weighted by atomic mass is 31.2. The molecule has 1 heterocycles. The second kappa shape index (κ2) is 16.2. The Balaban J connectivity index is -0.000000390. The molecule has 7 rings (SSSR count). The van der Waals surface area contributed by atoms with E-state index < -0.39 is 7.82 Å². The summed E-state index contributed by atoms with van der Waals surface area (Å²) in [5, 5.41) is 3.22. The van der Waals surface area contributed by atoms with Crippen molar-refractivity contribution in [1.29, 1.82) is 0 Å². The maximum atomic E-state index is 14.5. The molecule has 58 heavy (non-hydrogen) atoms. The molecule has 0 radical (unpaired) electrons. The van der Waals surface area contributed by atoms with E-state index in [0.29, 0.717) is 50.1 Å². The normalized spacial score (nSPS) is 12.7. The quantitative estimate of drug-likeness (QED) is 0.140. The zero-order valence-electron chi connectivity index (χ0n) is 31.4. The minimum atomic E-state index is -4.92. The van der Waals surface area contributed by atoms with Crippen LogP contribution in [0.25, 0.3) is 54.9 Å². The third kappa shape index (κ3) is 7.50. The Kier molecular flexibility index (Phi) is 10.6. The summed E-state index contributed by atoms with van der Waals surface area (Å²) in [5.41, 5.74) is 7.86. The van der Waals surface area contributed by atoms with Gasteiger partial charge in [0.2, 0.25) is 0 Å². The zero-order valence-corrected chi connectivity index (χ0v) is 32.3. The molecule has 0 saturated carbocycles. The van der Waals surface area contributed by atoms with Gasteiger partial charge in [-0.05, 0) is 160 Å². The molecule has 1 N–H and O–H groups in total. The molecule has 1 unspecified atom stereocenters. The van der Waals surface area contributed by atoms with Crippen LogP contribution in [0.3, 0.4) is 0 Å². The smallest absolute Gasteiger partial charge is 0.394 e. The van der Waals surface area contributed by atoms with Crippen molar-refractivity contribution in [3.05, 3.63) is 118 Å². The summed E-state index contributed by atoms with van der Waals surface area (Å²) >= 11 is 0. The molecule has 0 aromatic heterocycles. The van der Waals surface area contributed by atoms with Crippen molar-refractivity contribution in [2.75, 3.05) is 0 Å². The van der Waals surface area contributed by atoms with E-state index in [1.54, 1.807) is 6.07 Å². The predicted octanol–water partition coefficient (Wildman–Crippen LogP) is 13.4. The van der Waals surface area contributed by atoms with E-state index in [-0.39, 0.29) is 32.9 Å². The SMILES string of the molecule is C#CC#CC#Cc1cc(C)c(-c2cc3ccccc3c3c2OP(=O)(O)Oc2c(-c4c(C)cc(C)cc4C#CC#CC#C)cc4ccccc4c2-3)c(C#CC#CC#C)c1.[HH].[HH].[HH].[HH].[HH].[HH].[HH].[HH].[HH].[HH].[HH].[HH].[HH].[HH].[HH]. The van der Waals surface area contributed by atoms with Crippen LogP contribution in [0.1, 0.15) is 54.8 Å². The van der Waals surface area contributed by atoms with Crippen LogP contribution < -0.4 is 9.05 Å². The van der Waals surface area contributed by atoms with E-state index in [0.717, 1.165) is 38.2 Å². The van der Waals surface area contributed by atoms with Crippen LogP contribution in [0.15, 0.2) is 84.9 Å². The lowest BCUT2D eigenvalue weighted by atomic mass is 9.83. The molecule has 0 amide bonds. The maximum Gasteiger partial charge on any atom is 0.584 e. The molecular weight excluding hydrogens is 732 g/mol. The number of benzene rings is 6. The molecule has 0 fully saturated rings. The topological polar surface area (TPSA) is 55.8 Å². The summed E-state index contributed by atoms with van der Waals surface area (Å²) in [5.74, 6) is 40.4. The molecule has 0 aliphatic carbocycles.